The molecular weight excluding hydrogens is 372 g/mol. The Morgan fingerprint density at radius 3 is 3.00 bits per heavy atom. The Hall–Kier alpha value is -2.91. The Morgan fingerprint density at radius 1 is 1.31 bits per heavy atom. The number of aryl methyl sites for hydroxylation is 1. The molecule has 4 heterocycles. The zero-order valence-corrected chi connectivity index (χ0v) is 15.2. The summed E-state index contributed by atoms with van der Waals surface area (Å²) in [6, 6.07) is 6.88. The van der Waals surface area contributed by atoms with Crippen LogP contribution >= 0.6 is 22.7 Å². The summed E-state index contributed by atoms with van der Waals surface area (Å²) in [4.78, 5) is 38.3. The van der Waals surface area contributed by atoms with E-state index in [4.69, 9.17) is 4.74 Å². The molecule has 9 heteroatoms. The summed E-state index contributed by atoms with van der Waals surface area (Å²) in [5.41, 5.74) is 1.51. The van der Waals surface area contributed by atoms with Crippen LogP contribution in [0.1, 0.15) is 21.1 Å². The van der Waals surface area contributed by atoms with Crippen LogP contribution in [0.5, 0.6) is 0 Å². The normalized spacial score (nSPS) is 11.0. The number of rotatable bonds is 4. The van der Waals surface area contributed by atoms with Crippen LogP contribution < -0.4 is 5.56 Å². The van der Waals surface area contributed by atoms with E-state index in [1.165, 1.54) is 33.1 Å². The maximum absolute atomic E-state index is 12.4. The van der Waals surface area contributed by atoms with Crippen molar-refractivity contribution < 1.29 is 9.53 Å². The first-order valence-corrected chi connectivity index (χ1v) is 9.33. The summed E-state index contributed by atoms with van der Waals surface area (Å²) in [6.07, 6.45) is 3.33. The zero-order valence-electron chi connectivity index (χ0n) is 13.6. The van der Waals surface area contributed by atoms with E-state index in [0.717, 1.165) is 0 Å². The van der Waals surface area contributed by atoms with Crippen LogP contribution in [0.4, 0.5) is 0 Å². The summed E-state index contributed by atoms with van der Waals surface area (Å²) >= 11 is 2.58. The Bertz CT molecular complexity index is 1150. The average molecular weight is 384 g/mol. The first kappa shape index (κ1) is 16.6. The topological polar surface area (TPSA) is 86.5 Å². The third-order valence-electron chi connectivity index (χ3n) is 3.57. The van der Waals surface area contributed by atoms with Crippen molar-refractivity contribution in [1.29, 1.82) is 0 Å². The average Bonchev–Trinajstić information content (AvgIpc) is 3.27. The number of nitrogens with zero attached hydrogens (tertiary/aromatic N) is 4. The van der Waals surface area contributed by atoms with E-state index in [9.17, 15) is 9.59 Å². The maximum atomic E-state index is 12.4. The van der Waals surface area contributed by atoms with Crippen molar-refractivity contribution in [2.45, 2.75) is 13.5 Å². The first-order chi connectivity index (χ1) is 12.6. The molecule has 0 atom stereocenters. The van der Waals surface area contributed by atoms with Crippen LogP contribution in [0, 0.1) is 6.92 Å². The summed E-state index contributed by atoms with van der Waals surface area (Å²) < 4.78 is 6.78. The fourth-order valence-electron chi connectivity index (χ4n) is 2.35. The summed E-state index contributed by atoms with van der Waals surface area (Å²) in [5, 5.41) is 2.44. The van der Waals surface area contributed by atoms with E-state index in [1.54, 1.807) is 24.7 Å². The molecule has 130 valence electrons. The number of pyridine rings is 1. The van der Waals surface area contributed by atoms with Gasteiger partial charge in [0, 0.05) is 23.8 Å². The molecule has 0 spiro atoms. The molecule has 0 unspecified atom stereocenters. The molecular formula is C17H12N4O3S2. The molecule has 0 aliphatic heterocycles. The van der Waals surface area contributed by atoms with Crippen molar-refractivity contribution >= 4 is 33.6 Å². The Kier molecular flexibility index (Phi) is 4.31. The number of esters is 1. The molecule has 4 aromatic rings. The monoisotopic (exact) mass is 384 g/mol. The lowest BCUT2D eigenvalue weighted by Gasteiger charge is -2.03. The fourth-order valence-corrected chi connectivity index (χ4v) is 4.03. The van der Waals surface area contributed by atoms with Crippen molar-refractivity contribution in [3.63, 3.8) is 0 Å². The number of fused-ring (bicyclic) bond motifs is 1. The predicted octanol–water partition coefficient (Wildman–Crippen LogP) is 2.94. The van der Waals surface area contributed by atoms with Crippen molar-refractivity contribution in [2.75, 3.05) is 0 Å². The molecule has 4 aromatic heterocycles. The standard InChI is InChI=1S/C17H12N4O3S2/c1-10-14(26-15(19-10)12-4-2-3-5-18-12)16(23)24-9-11-8-13(22)21-6-7-25-17(21)20-11/h2-8H,9H2,1H3. The highest BCUT2D eigenvalue weighted by Gasteiger charge is 2.18. The number of aromatic nitrogens is 4. The smallest absolute Gasteiger partial charge is 0.350 e. The van der Waals surface area contributed by atoms with Crippen LogP contribution in [0.25, 0.3) is 15.7 Å². The number of ether oxygens (including phenoxy) is 1. The second-order valence-electron chi connectivity index (χ2n) is 5.37. The van der Waals surface area contributed by atoms with Gasteiger partial charge in [0.1, 0.15) is 16.5 Å². The molecule has 4 rings (SSSR count). The number of hydrogen-bond acceptors (Lipinski definition) is 8. The summed E-state index contributed by atoms with van der Waals surface area (Å²) in [5.74, 6) is -0.490. The van der Waals surface area contributed by atoms with Crippen LogP contribution in [0.3, 0.4) is 0 Å². The van der Waals surface area contributed by atoms with Gasteiger partial charge in [-0.3, -0.25) is 14.2 Å². The third-order valence-corrected chi connectivity index (χ3v) is 5.49. The number of carbonyl (C=O) groups excluding carboxylic acids is 1. The molecule has 0 aliphatic rings. The van der Waals surface area contributed by atoms with Gasteiger partial charge < -0.3 is 4.74 Å². The van der Waals surface area contributed by atoms with Gasteiger partial charge in [-0.25, -0.2) is 14.8 Å². The number of thiazole rings is 2. The van der Waals surface area contributed by atoms with E-state index in [-0.39, 0.29) is 12.2 Å². The maximum Gasteiger partial charge on any atom is 0.350 e. The van der Waals surface area contributed by atoms with E-state index in [0.29, 0.717) is 31.9 Å². The highest BCUT2D eigenvalue weighted by Crippen LogP contribution is 2.27. The van der Waals surface area contributed by atoms with Crippen LogP contribution in [0.2, 0.25) is 0 Å². The minimum atomic E-state index is -0.490. The minimum Gasteiger partial charge on any atom is -0.455 e. The van der Waals surface area contributed by atoms with Crippen LogP contribution in [-0.2, 0) is 11.3 Å². The largest absolute Gasteiger partial charge is 0.455 e. The molecule has 0 aliphatic carbocycles. The van der Waals surface area contributed by atoms with E-state index >= 15 is 0 Å². The molecule has 0 amide bonds. The molecule has 0 saturated heterocycles. The van der Waals surface area contributed by atoms with Gasteiger partial charge in [0.25, 0.3) is 5.56 Å². The molecule has 0 N–H and O–H groups in total. The van der Waals surface area contributed by atoms with Gasteiger partial charge in [-0.1, -0.05) is 6.07 Å². The number of carbonyl (C=O) groups is 1. The van der Waals surface area contributed by atoms with Gasteiger partial charge in [0.2, 0.25) is 0 Å². The molecule has 0 saturated carbocycles. The third kappa shape index (κ3) is 3.14. The zero-order chi connectivity index (χ0) is 18.1. The quantitative estimate of drug-likeness (QED) is 0.503. The highest BCUT2D eigenvalue weighted by molar-refractivity contribution is 7.17. The van der Waals surface area contributed by atoms with Crippen molar-refractivity contribution in [1.82, 2.24) is 19.4 Å². The predicted molar refractivity (Wildman–Crippen MR) is 98.5 cm³/mol. The lowest BCUT2D eigenvalue weighted by atomic mass is 10.3. The Labute approximate surface area is 155 Å². The van der Waals surface area contributed by atoms with Crippen molar-refractivity contribution in [2.24, 2.45) is 0 Å². The number of hydrogen-bond donors (Lipinski definition) is 0. The molecule has 0 fully saturated rings. The van der Waals surface area contributed by atoms with E-state index in [1.807, 2.05) is 18.2 Å². The SMILES string of the molecule is Cc1nc(-c2ccccn2)sc1C(=O)OCc1cc(=O)n2ccsc2n1. The summed E-state index contributed by atoms with van der Waals surface area (Å²) in [7, 11) is 0. The fraction of sp³-hybridized carbons (Fsp3) is 0.118. The molecule has 7 nitrogen and oxygen atoms in total. The van der Waals surface area contributed by atoms with Crippen molar-refractivity contribution in [3.05, 3.63) is 68.7 Å². The van der Waals surface area contributed by atoms with E-state index in [2.05, 4.69) is 15.0 Å². The summed E-state index contributed by atoms with van der Waals surface area (Å²) in [6.45, 7) is 1.68. The second-order valence-corrected chi connectivity index (χ2v) is 7.24. The lowest BCUT2D eigenvalue weighted by molar-refractivity contribution is 0.0472. The Morgan fingerprint density at radius 2 is 2.19 bits per heavy atom. The molecule has 26 heavy (non-hydrogen) atoms. The van der Waals surface area contributed by atoms with Gasteiger partial charge in [-0.05, 0) is 19.1 Å². The van der Waals surface area contributed by atoms with Gasteiger partial charge in [0.15, 0.2) is 4.96 Å². The lowest BCUT2D eigenvalue weighted by Crippen LogP contribution is -2.14. The van der Waals surface area contributed by atoms with Gasteiger partial charge >= 0.3 is 5.97 Å². The molecule has 0 bridgehead atoms. The minimum absolute atomic E-state index is 0.0707. The van der Waals surface area contributed by atoms with E-state index < -0.39 is 5.97 Å². The van der Waals surface area contributed by atoms with Gasteiger partial charge in [0.05, 0.1) is 17.1 Å². The first-order valence-electron chi connectivity index (χ1n) is 7.63. The Balaban J connectivity index is 1.53. The van der Waals surface area contributed by atoms with Gasteiger partial charge in [-0.2, -0.15) is 0 Å². The van der Waals surface area contributed by atoms with Gasteiger partial charge in [-0.15, -0.1) is 22.7 Å². The highest BCUT2D eigenvalue weighted by atomic mass is 32.1. The van der Waals surface area contributed by atoms with Crippen LogP contribution in [-0.4, -0.2) is 25.3 Å². The van der Waals surface area contributed by atoms with Crippen LogP contribution in [0.15, 0.2) is 46.8 Å². The molecule has 0 radical (unpaired) electrons. The molecule has 0 aromatic carbocycles. The van der Waals surface area contributed by atoms with Crippen molar-refractivity contribution in [3.8, 4) is 10.7 Å². The second kappa shape index (κ2) is 6.77.